The van der Waals surface area contributed by atoms with Crippen LogP contribution in [0.4, 0.5) is 5.82 Å². The van der Waals surface area contributed by atoms with Crippen molar-refractivity contribution < 1.29 is 14.3 Å². The average Bonchev–Trinajstić information content (AvgIpc) is 3.16. The van der Waals surface area contributed by atoms with E-state index in [0.29, 0.717) is 24.9 Å². The summed E-state index contributed by atoms with van der Waals surface area (Å²) in [6, 6.07) is 8.46. The van der Waals surface area contributed by atoms with Crippen LogP contribution in [0.1, 0.15) is 54.2 Å². The summed E-state index contributed by atoms with van der Waals surface area (Å²) in [7, 11) is 1.66. The fourth-order valence-electron chi connectivity index (χ4n) is 5.35. The molecular formula is C25H32N4O3. The van der Waals surface area contributed by atoms with Crippen molar-refractivity contribution in [3.8, 4) is 5.75 Å². The number of carbonyl (C=O) groups excluding carboxylic acids is 1. The van der Waals surface area contributed by atoms with Gasteiger partial charge in [-0.25, -0.2) is 9.97 Å². The molecule has 0 bridgehead atoms. The lowest BCUT2D eigenvalue weighted by atomic mass is 9.94. The van der Waals surface area contributed by atoms with Gasteiger partial charge in [0.25, 0.3) is 0 Å². The van der Waals surface area contributed by atoms with Gasteiger partial charge in [0.1, 0.15) is 17.4 Å². The average molecular weight is 437 g/mol. The number of aryl methyl sites for hydroxylation is 1. The number of hydrogen-bond acceptors (Lipinski definition) is 6. The number of rotatable bonds is 5. The maximum absolute atomic E-state index is 12.9. The van der Waals surface area contributed by atoms with Gasteiger partial charge in [-0.1, -0.05) is 18.2 Å². The van der Waals surface area contributed by atoms with Crippen LogP contribution in [0.25, 0.3) is 0 Å². The summed E-state index contributed by atoms with van der Waals surface area (Å²) in [5.41, 5.74) is 2.88. The Bertz CT molecular complexity index is 989. The highest BCUT2D eigenvalue weighted by Gasteiger charge is 2.34. The first-order chi connectivity index (χ1) is 15.6. The van der Waals surface area contributed by atoms with Gasteiger partial charge in [0.15, 0.2) is 0 Å². The van der Waals surface area contributed by atoms with E-state index in [1.165, 1.54) is 0 Å². The van der Waals surface area contributed by atoms with Crippen molar-refractivity contribution in [2.24, 2.45) is 0 Å². The zero-order chi connectivity index (χ0) is 22.1. The molecular weight excluding hydrogens is 404 g/mol. The number of fused-ring (bicyclic) bond motifs is 1. The third kappa shape index (κ3) is 4.11. The van der Waals surface area contributed by atoms with E-state index in [1.807, 2.05) is 36.1 Å². The molecule has 0 aliphatic carbocycles. The molecule has 1 aromatic carbocycles. The zero-order valence-electron chi connectivity index (χ0n) is 19.0. The Morgan fingerprint density at radius 3 is 2.78 bits per heavy atom. The molecule has 2 aromatic rings. The van der Waals surface area contributed by atoms with Crippen molar-refractivity contribution in [2.75, 3.05) is 38.3 Å². The van der Waals surface area contributed by atoms with E-state index < -0.39 is 0 Å². The molecule has 4 heterocycles. The summed E-state index contributed by atoms with van der Waals surface area (Å²) in [6.07, 6.45) is 4.84. The summed E-state index contributed by atoms with van der Waals surface area (Å²) in [5.74, 6) is 2.84. The van der Waals surface area contributed by atoms with Crippen LogP contribution < -0.4 is 9.64 Å². The minimum Gasteiger partial charge on any atom is -0.496 e. The molecule has 7 heteroatoms. The van der Waals surface area contributed by atoms with Crippen LogP contribution in [0.5, 0.6) is 5.75 Å². The number of methoxy groups -OCH3 is 1. The van der Waals surface area contributed by atoms with Gasteiger partial charge in [-0.15, -0.1) is 0 Å². The van der Waals surface area contributed by atoms with Crippen LogP contribution in [0.2, 0.25) is 0 Å². The predicted octanol–water partition coefficient (Wildman–Crippen LogP) is 3.24. The van der Waals surface area contributed by atoms with Crippen LogP contribution in [-0.4, -0.2) is 60.2 Å². The molecule has 170 valence electrons. The molecule has 2 fully saturated rings. The number of piperidine rings is 1. The Morgan fingerprint density at radius 2 is 1.97 bits per heavy atom. The Kier molecular flexibility index (Phi) is 6.11. The molecule has 3 aliphatic rings. The third-order valence-corrected chi connectivity index (χ3v) is 7.14. The first-order valence-electron chi connectivity index (χ1n) is 11.8. The SMILES string of the molecule is COc1ccccc1CN1C(=O)Cc2c(C)nc([C@@H]3CCCN(C4CCOCC4)C3)nc21. The van der Waals surface area contributed by atoms with Gasteiger partial charge >= 0.3 is 0 Å². The van der Waals surface area contributed by atoms with Gasteiger partial charge in [0.05, 0.1) is 20.1 Å². The summed E-state index contributed by atoms with van der Waals surface area (Å²) in [6.45, 7) is 6.33. The number of likely N-dealkylation sites (tertiary alicyclic amines) is 1. The second kappa shape index (κ2) is 9.16. The smallest absolute Gasteiger partial charge is 0.233 e. The van der Waals surface area contributed by atoms with E-state index in [0.717, 1.165) is 86.2 Å². The molecule has 1 aromatic heterocycles. The first kappa shape index (κ1) is 21.3. The van der Waals surface area contributed by atoms with E-state index in [1.54, 1.807) is 7.11 Å². The molecule has 0 saturated carbocycles. The van der Waals surface area contributed by atoms with Crippen LogP contribution in [0.3, 0.4) is 0 Å². The molecule has 1 atom stereocenters. The maximum atomic E-state index is 12.9. The van der Waals surface area contributed by atoms with Crippen LogP contribution in [-0.2, 0) is 22.5 Å². The predicted molar refractivity (Wildman–Crippen MR) is 122 cm³/mol. The number of amides is 1. The molecule has 0 spiro atoms. The Hall–Kier alpha value is -2.51. The number of hydrogen-bond donors (Lipinski definition) is 0. The lowest BCUT2D eigenvalue weighted by Gasteiger charge is -2.39. The quantitative estimate of drug-likeness (QED) is 0.717. The van der Waals surface area contributed by atoms with Crippen molar-refractivity contribution in [3.05, 3.63) is 46.9 Å². The van der Waals surface area contributed by atoms with Crippen molar-refractivity contribution in [1.29, 1.82) is 0 Å². The molecule has 0 unspecified atom stereocenters. The van der Waals surface area contributed by atoms with Gasteiger partial charge in [-0.05, 0) is 45.2 Å². The van der Waals surface area contributed by atoms with Gasteiger partial charge in [-0.3, -0.25) is 14.6 Å². The van der Waals surface area contributed by atoms with E-state index in [4.69, 9.17) is 19.4 Å². The standard InChI is InChI=1S/C25H32N4O3/c1-17-21-14-23(30)29(16-18-6-3-4-8-22(18)31-2)25(21)27-24(26-17)19-7-5-11-28(15-19)20-9-12-32-13-10-20/h3-4,6,8,19-20H,5,7,9-16H2,1-2H3/t19-/m1/s1. The maximum Gasteiger partial charge on any atom is 0.233 e. The first-order valence-corrected chi connectivity index (χ1v) is 11.8. The lowest BCUT2D eigenvalue weighted by molar-refractivity contribution is -0.117. The fraction of sp³-hybridized carbons (Fsp3) is 0.560. The van der Waals surface area contributed by atoms with E-state index in [9.17, 15) is 4.79 Å². The second-order valence-electron chi connectivity index (χ2n) is 9.12. The number of para-hydroxylation sites is 1. The van der Waals surface area contributed by atoms with Crippen molar-refractivity contribution in [2.45, 2.75) is 57.5 Å². The summed E-state index contributed by atoms with van der Waals surface area (Å²) < 4.78 is 11.1. The minimum absolute atomic E-state index is 0.0768. The zero-order valence-corrected chi connectivity index (χ0v) is 19.0. The van der Waals surface area contributed by atoms with Crippen LogP contribution >= 0.6 is 0 Å². The number of ether oxygens (including phenoxy) is 2. The summed E-state index contributed by atoms with van der Waals surface area (Å²) >= 11 is 0. The normalized spacial score (nSPS) is 22.2. The number of benzene rings is 1. The lowest BCUT2D eigenvalue weighted by Crippen LogP contribution is -2.44. The number of aromatic nitrogens is 2. The largest absolute Gasteiger partial charge is 0.496 e. The molecule has 2 saturated heterocycles. The molecule has 1 amide bonds. The third-order valence-electron chi connectivity index (χ3n) is 7.14. The van der Waals surface area contributed by atoms with E-state index >= 15 is 0 Å². The second-order valence-corrected chi connectivity index (χ2v) is 9.12. The van der Waals surface area contributed by atoms with Crippen LogP contribution in [0.15, 0.2) is 24.3 Å². The molecule has 5 rings (SSSR count). The Morgan fingerprint density at radius 1 is 1.16 bits per heavy atom. The highest BCUT2D eigenvalue weighted by atomic mass is 16.5. The molecule has 0 radical (unpaired) electrons. The van der Waals surface area contributed by atoms with Gasteiger partial charge in [0.2, 0.25) is 5.91 Å². The monoisotopic (exact) mass is 436 g/mol. The van der Waals surface area contributed by atoms with Gasteiger partial charge in [0, 0.05) is 48.5 Å². The summed E-state index contributed by atoms with van der Waals surface area (Å²) in [4.78, 5) is 27.2. The number of carbonyl (C=O) groups is 1. The van der Waals surface area contributed by atoms with E-state index in [-0.39, 0.29) is 5.91 Å². The van der Waals surface area contributed by atoms with Gasteiger partial charge in [-0.2, -0.15) is 0 Å². The Balaban J connectivity index is 1.40. The van der Waals surface area contributed by atoms with Crippen molar-refractivity contribution in [3.63, 3.8) is 0 Å². The molecule has 7 nitrogen and oxygen atoms in total. The molecule has 0 N–H and O–H groups in total. The van der Waals surface area contributed by atoms with Crippen LogP contribution in [0, 0.1) is 6.92 Å². The number of anilines is 1. The minimum atomic E-state index is 0.0768. The number of nitrogens with zero attached hydrogens (tertiary/aromatic N) is 4. The highest BCUT2D eigenvalue weighted by molar-refractivity contribution is 6.00. The van der Waals surface area contributed by atoms with Crippen molar-refractivity contribution in [1.82, 2.24) is 14.9 Å². The molecule has 3 aliphatic heterocycles. The molecule has 32 heavy (non-hydrogen) atoms. The highest BCUT2D eigenvalue weighted by Crippen LogP contribution is 2.35. The summed E-state index contributed by atoms with van der Waals surface area (Å²) in [5, 5.41) is 0. The van der Waals surface area contributed by atoms with Gasteiger partial charge < -0.3 is 9.47 Å². The topological polar surface area (TPSA) is 67.8 Å². The Labute approximate surface area is 189 Å². The van der Waals surface area contributed by atoms with Crippen molar-refractivity contribution >= 4 is 11.7 Å². The fourth-order valence-corrected chi connectivity index (χ4v) is 5.35. The van der Waals surface area contributed by atoms with E-state index in [2.05, 4.69) is 4.90 Å².